The Balaban J connectivity index is 2.85. The molecule has 0 saturated heterocycles. The summed E-state index contributed by atoms with van der Waals surface area (Å²) >= 11 is 0. The van der Waals surface area contributed by atoms with Crippen molar-refractivity contribution in [1.29, 1.82) is 0 Å². The lowest BCUT2D eigenvalue weighted by Crippen LogP contribution is -2.17. The van der Waals surface area contributed by atoms with Crippen LogP contribution in [0.1, 0.15) is 10.4 Å². The monoisotopic (exact) mass is 135 g/mol. The lowest BCUT2D eigenvalue weighted by atomic mass is 10.2. The molecule has 0 fully saturated rings. The number of hydrogen-bond acceptors (Lipinski definition) is 2. The van der Waals surface area contributed by atoms with E-state index < -0.39 is 0 Å². The van der Waals surface area contributed by atoms with Gasteiger partial charge in [0, 0.05) is 25.5 Å². The molecule has 0 aliphatic heterocycles. The maximum Gasteiger partial charge on any atom is 0.251 e. The van der Waals surface area contributed by atoms with Gasteiger partial charge in [0.25, 0.3) is 5.91 Å². The second-order valence-corrected chi connectivity index (χ2v) is 1.73. The molecule has 3 nitrogen and oxygen atoms in total. The van der Waals surface area contributed by atoms with Crippen LogP contribution in [0.5, 0.6) is 0 Å². The third-order valence-corrected chi connectivity index (χ3v) is 1.09. The van der Waals surface area contributed by atoms with E-state index in [0.29, 0.717) is 5.56 Å². The second kappa shape index (κ2) is 2.96. The molecule has 1 aromatic heterocycles. The molecule has 51 valence electrons. The Labute approximate surface area is 59.1 Å². The first-order valence-corrected chi connectivity index (χ1v) is 2.88. The summed E-state index contributed by atoms with van der Waals surface area (Å²) in [6, 6.07) is 4.31. The Kier molecular flexibility index (Phi) is 1.99. The number of amides is 1. The van der Waals surface area contributed by atoms with Crippen LogP contribution in [0.15, 0.2) is 18.5 Å². The second-order valence-electron chi connectivity index (χ2n) is 1.73. The van der Waals surface area contributed by atoms with Crippen molar-refractivity contribution >= 4 is 5.91 Å². The number of carbonyl (C=O) groups is 1. The van der Waals surface area contributed by atoms with E-state index in [9.17, 15) is 4.79 Å². The number of nitrogens with zero attached hydrogens (tertiary/aromatic N) is 1. The molecular formula is C7H7N2O. The Hall–Kier alpha value is -1.38. The zero-order valence-corrected chi connectivity index (χ0v) is 5.59. The van der Waals surface area contributed by atoms with Crippen LogP contribution in [0.2, 0.25) is 0 Å². The van der Waals surface area contributed by atoms with Crippen LogP contribution >= 0.6 is 0 Å². The van der Waals surface area contributed by atoms with Gasteiger partial charge >= 0.3 is 0 Å². The van der Waals surface area contributed by atoms with Crippen LogP contribution in [0.25, 0.3) is 0 Å². The maximum absolute atomic E-state index is 10.8. The first-order chi connectivity index (χ1) is 4.84. The molecule has 0 atom stereocenters. The lowest BCUT2D eigenvalue weighted by molar-refractivity contribution is 0.0962. The van der Waals surface area contributed by atoms with E-state index in [1.165, 1.54) is 6.20 Å². The number of carbonyl (C=O) groups excluding carboxylic acids is 1. The van der Waals surface area contributed by atoms with E-state index in [4.69, 9.17) is 0 Å². The third kappa shape index (κ3) is 1.31. The SMILES string of the molecule is CNC(=O)c1[c]cncc1. The Morgan fingerprint density at radius 2 is 2.60 bits per heavy atom. The van der Waals surface area contributed by atoms with Crippen molar-refractivity contribution in [3.8, 4) is 0 Å². The molecule has 1 rings (SSSR count). The van der Waals surface area contributed by atoms with Crippen molar-refractivity contribution in [3.05, 3.63) is 30.1 Å². The summed E-state index contributed by atoms with van der Waals surface area (Å²) in [5.74, 6) is -0.137. The van der Waals surface area contributed by atoms with Gasteiger partial charge in [0.05, 0.1) is 5.56 Å². The van der Waals surface area contributed by atoms with Crippen LogP contribution in [0.3, 0.4) is 0 Å². The average molecular weight is 135 g/mol. The van der Waals surface area contributed by atoms with Gasteiger partial charge in [-0.25, -0.2) is 0 Å². The summed E-state index contributed by atoms with van der Waals surface area (Å²) in [6.07, 6.45) is 3.02. The predicted molar refractivity (Wildman–Crippen MR) is 36.5 cm³/mol. The molecule has 3 heteroatoms. The Morgan fingerprint density at radius 3 is 3.10 bits per heavy atom. The zero-order valence-electron chi connectivity index (χ0n) is 5.59. The Morgan fingerprint density at radius 1 is 1.80 bits per heavy atom. The third-order valence-electron chi connectivity index (χ3n) is 1.09. The van der Waals surface area contributed by atoms with Crippen molar-refractivity contribution in [1.82, 2.24) is 10.3 Å². The fourth-order valence-electron chi connectivity index (χ4n) is 0.591. The minimum atomic E-state index is -0.137. The molecule has 0 aromatic carbocycles. The number of aromatic nitrogens is 1. The van der Waals surface area contributed by atoms with Gasteiger partial charge in [-0.1, -0.05) is 0 Å². The minimum absolute atomic E-state index is 0.137. The van der Waals surface area contributed by atoms with Crippen molar-refractivity contribution < 1.29 is 4.79 Å². The molecule has 0 saturated carbocycles. The smallest absolute Gasteiger partial charge is 0.251 e. The fraction of sp³-hybridized carbons (Fsp3) is 0.143. The number of pyridine rings is 1. The van der Waals surface area contributed by atoms with Gasteiger partial charge < -0.3 is 5.32 Å². The predicted octanol–water partition coefficient (Wildman–Crippen LogP) is 0.241. The molecule has 0 bridgehead atoms. The van der Waals surface area contributed by atoms with Crippen LogP contribution in [-0.2, 0) is 0 Å². The maximum atomic E-state index is 10.8. The molecule has 0 aliphatic rings. The van der Waals surface area contributed by atoms with E-state index in [-0.39, 0.29) is 5.91 Å². The summed E-state index contributed by atoms with van der Waals surface area (Å²) in [7, 11) is 1.58. The summed E-state index contributed by atoms with van der Waals surface area (Å²) in [6.45, 7) is 0. The van der Waals surface area contributed by atoms with Crippen molar-refractivity contribution in [2.75, 3.05) is 7.05 Å². The molecule has 1 aromatic rings. The van der Waals surface area contributed by atoms with E-state index in [1.54, 1.807) is 19.3 Å². The normalized spacial score (nSPS) is 8.90. The van der Waals surface area contributed by atoms with Gasteiger partial charge in [0.1, 0.15) is 0 Å². The Bertz CT molecular complexity index is 220. The van der Waals surface area contributed by atoms with E-state index >= 15 is 0 Å². The molecular weight excluding hydrogens is 128 g/mol. The van der Waals surface area contributed by atoms with Crippen molar-refractivity contribution in [3.63, 3.8) is 0 Å². The van der Waals surface area contributed by atoms with Crippen molar-refractivity contribution in [2.45, 2.75) is 0 Å². The van der Waals surface area contributed by atoms with Gasteiger partial charge in [0.15, 0.2) is 0 Å². The standard InChI is InChI=1S/C7H7N2O/c1-8-7(10)6-2-4-9-5-3-6/h2,4-5H,1H3,(H,8,10). The zero-order chi connectivity index (χ0) is 7.40. The first kappa shape index (κ1) is 6.74. The molecule has 1 heterocycles. The van der Waals surface area contributed by atoms with Gasteiger partial charge in [0.2, 0.25) is 0 Å². The van der Waals surface area contributed by atoms with Gasteiger partial charge in [-0.05, 0) is 6.07 Å². The van der Waals surface area contributed by atoms with E-state index in [0.717, 1.165) is 0 Å². The highest BCUT2D eigenvalue weighted by Gasteiger charge is 1.99. The van der Waals surface area contributed by atoms with E-state index in [2.05, 4.69) is 16.4 Å². The van der Waals surface area contributed by atoms with Gasteiger partial charge in [-0.15, -0.1) is 0 Å². The van der Waals surface area contributed by atoms with Crippen LogP contribution in [0, 0.1) is 6.07 Å². The summed E-state index contributed by atoms with van der Waals surface area (Å²) < 4.78 is 0. The molecule has 0 unspecified atom stereocenters. The fourth-order valence-corrected chi connectivity index (χ4v) is 0.591. The van der Waals surface area contributed by atoms with Crippen LogP contribution in [0.4, 0.5) is 0 Å². The topological polar surface area (TPSA) is 42.0 Å². The molecule has 10 heavy (non-hydrogen) atoms. The highest BCUT2D eigenvalue weighted by Crippen LogP contribution is 1.92. The number of hydrogen-bond donors (Lipinski definition) is 1. The molecule has 1 radical (unpaired) electrons. The van der Waals surface area contributed by atoms with Gasteiger partial charge in [-0.2, -0.15) is 0 Å². The lowest BCUT2D eigenvalue weighted by Gasteiger charge is -1.95. The molecule has 0 spiro atoms. The molecule has 1 N–H and O–H groups in total. The average Bonchev–Trinajstić information content (AvgIpc) is 2.05. The summed E-state index contributed by atoms with van der Waals surface area (Å²) in [5.41, 5.74) is 0.512. The largest absolute Gasteiger partial charge is 0.355 e. The summed E-state index contributed by atoms with van der Waals surface area (Å²) in [5, 5.41) is 2.48. The molecule has 0 aliphatic carbocycles. The number of rotatable bonds is 1. The first-order valence-electron chi connectivity index (χ1n) is 2.88. The number of nitrogens with one attached hydrogen (secondary N) is 1. The van der Waals surface area contributed by atoms with Gasteiger partial charge in [-0.3, -0.25) is 9.78 Å². The van der Waals surface area contributed by atoms with Crippen molar-refractivity contribution in [2.24, 2.45) is 0 Å². The highest BCUT2D eigenvalue weighted by atomic mass is 16.1. The highest BCUT2D eigenvalue weighted by molar-refractivity contribution is 5.93. The quantitative estimate of drug-likeness (QED) is 0.599. The minimum Gasteiger partial charge on any atom is -0.355 e. The van der Waals surface area contributed by atoms with Crippen LogP contribution in [-0.4, -0.2) is 17.9 Å². The van der Waals surface area contributed by atoms with E-state index in [1.807, 2.05) is 0 Å². The molecule has 1 amide bonds. The van der Waals surface area contributed by atoms with Crippen LogP contribution < -0.4 is 5.32 Å². The summed E-state index contributed by atoms with van der Waals surface area (Å²) in [4.78, 5) is 14.6.